The molecule has 0 unspecified atom stereocenters. The van der Waals surface area contributed by atoms with Crippen LogP contribution < -0.4 is 10.6 Å². The Labute approximate surface area is 122 Å². The number of aliphatic carboxylic acids is 1. The van der Waals surface area contributed by atoms with E-state index in [1.807, 2.05) is 12.1 Å². The quantitative estimate of drug-likeness (QED) is 0.783. The third-order valence-corrected chi connectivity index (χ3v) is 3.13. The molecule has 0 fully saturated rings. The normalized spacial score (nSPS) is 11.2. The second-order valence-corrected chi connectivity index (χ2v) is 5.17. The molecule has 1 heterocycles. The fraction of sp³-hybridized carbons (Fsp3) is 0.267. The summed E-state index contributed by atoms with van der Waals surface area (Å²) >= 11 is 0. The number of anilines is 2. The molecular formula is C15H18N4O2. The van der Waals surface area contributed by atoms with Crippen molar-refractivity contribution in [2.75, 3.05) is 17.7 Å². The third-order valence-electron chi connectivity index (χ3n) is 3.13. The highest BCUT2D eigenvalue weighted by Crippen LogP contribution is 2.24. The lowest BCUT2D eigenvalue weighted by Gasteiger charge is -2.22. The van der Waals surface area contributed by atoms with Crippen molar-refractivity contribution in [1.29, 1.82) is 0 Å². The van der Waals surface area contributed by atoms with Gasteiger partial charge in [-0.25, -0.2) is 14.8 Å². The van der Waals surface area contributed by atoms with Crippen molar-refractivity contribution < 1.29 is 9.90 Å². The molecule has 2 aromatic rings. The van der Waals surface area contributed by atoms with Gasteiger partial charge in [-0.2, -0.15) is 0 Å². The van der Waals surface area contributed by atoms with Crippen LogP contribution >= 0.6 is 0 Å². The predicted octanol–water partition coefficient (Wildman–Crippen LogP) is 2.59. The van der Waals surface area contributed by atoms with Crippen molar-refractivity contribution in [1.82, 2.24) is 9.97 Å². The third kappa shape index (κ3) is 2.94. The van der Waals surface area contributed by atoms with Gasteiger partial charge in [0.15, 0.2) is 0 Å². The summed E-state index contributed by atoms with van der Waals surface area (Å²) in [6.07, 6.45) is 1.65. The van der Waals surface area contributed by atoms with E-state index in [0.29, 0.717) is 17.3 Å². The number of carboxylic acid groups (broad SMARTS) is 1. The van der Waals surface area contributed by atoms with Crippen molar-refractivity contribution in [3.8, 4) is 0 Å². The van der Waals surface area contributed by atoms with Gasteiger partial charge in [-0.3, -0.25) is 0 Å². The Hall–Kier alpha value is -2.63. The molecule has 0 amide bonds. The molecule has 1 aromatic carbocycles. The van der Waals surface area contributed by atoms with Crippen molar-refractivity contribution in [2.24, 2.45) is 0 Å². The molecule has 0 saturated carbocycles. The smallest absolute Gasteiger partial charge is 0.328 e. The molecule has 1 aromatic heterocycles. The first-order valence-corrected chi connectivity index (χ1v) is 6.51. The largest absolute Gasteiger partial charge is 0.480 e. The maximum atomic E-state index is 11.2. The Morgan fingerprint density at radius 3 is 2.67 bits per heavy atom. The number of fused-ring (bicyclic) bond motifs is 1. The van der Waals surface area contributed by atoms with Crippen molar-refractivity contribution >= 4 is 34.6 Å². The lowest BCUT2D eigenvalue weighted by Crippen LogP contribution is -2.39. The minimum Gasteiger partial charge on any atom is -0.480 e. The van der Waals surface area contributed by atoms with E-state index in [0.717, 1.165) is 10.9 Å². The lowest BCUT2D eigenvalue weighted by atomic mass is 10.0. The molecule has 0 aliphatic heterocycles. The lowest BCUT2D eigenvalue weighted by molar-refractivity contribution is -0.141. The van der Waals surface area contributed by atoms with E-state index in [1.165, 1.54) is 0 Å². The van der Waals surface area contributed by atoms with Gasteiger partial charge in [-0.05, 0) is 38.1 Å². The zero-order valence-corrected chi connectivity index (χ0v) is 12.3. The fourth-order valence-electron chi connectivity index (χ4n) is 1.91. The number of benzene rings is 1. The van der Waals surface area contributed by atoms with Crippen molar-refractivity contribution in [2.45, 2.75) is 19.4 Å². The Bertz CT molecular complexity index is 710. The van der Waals surface area contributed by atoms with Crippen LogP contribution in [0.4, 0.5) is 11.6 Å². The molecule has 0 radical (unpaired) electrons. The van der Waals surface area contributed by atoms with E-state index in [2.05, 4.69) is 27.2 Å². The SMILES string of the molecule is C=Cc1nc(NC)nc2ccc(NC(C)(C)C(=O)O)cc12. The Kier molecular flexibility index (Phi) is 3.80. The first kappa shape index (κ1) is 14.8. The molecule has 2 rings (SSSR count). The molecule has 0 atom stereocenters. The summed E-state index contributed by atoms with van der Waals surface area (Å²) in [5, 5.41) is 15.9. The Morgan fingerprint density at radius 1 is 1.38 bits per heavy atom. The molecule has 0 aliphatic carbocycles. The highest BCUT2D eigenvalue weighted by molar-refractivity contribution is 5.90. The molecular weight excluding hydrogens is 268 g/mol. The summed E-state index contributed by atoms with van der Waals surface area (Å²) in [5.41, 5.74) is 1.09. The van der Waals surface area contributed by atoms with Gasteiger partial charge in [0.25, 0.3) is 0 Å². The van der Waals surface area contributed by atoms with Gasteiger partial charge >= 0.3 is 5.97 Å². The fourth-order valence-corrected chi connectivity index (χ4v) is 1.91. The number of aromatic nitrogens is 2. The first-order valence-electron chi connectivity index (χ1n) is 6.51. The van der Waals surface area contributed by atoms with Crippen LogP contribution in [-0.4, -0.2) is 33.6 Å². The molecule has 6 nitrogen and oxygen atoms in total. The van der Waals surface area contributed by atoms with Crippen LogP contribution in [0.15, 0.2) is 24.8 Å². The average molecular weight is 286 g/mol. The molecule has 110 valence electrons. The number of hydrogen-bond donors (Lipinski definition) is 3. The molecule has 21 heavy (non-hydrogen) atoms. The van der Waals surface area contributed by atoms with Crippen LogP contribution in [0.5, 0.6) is 0 Å². The van der Waals surface area contributed by atoms with E-state index in [-0.39, 0.29) is 0 Å². The minimum atomic E-state index is -1.06. The monoisotopic (exact) mass is 286 g/mol. The Morgan fingerprint density at radius 2 is 2.10 bits per heavy atom. The highest BCUT2D eigenvalue weighted by Gasteiger charge is 2.26. The number of rotatable bonds is 5. The maximum absolute atomic E-state index is 11.2. The van der Waals surface area contributed by atoms with E-state index in [1.54, 1.807) is 33.0 Å². The highest BCUT2D eigenvalue weighted by atomic mass is 16.4. The zero-order chi connectivity index (χ0) is 15.6. The number of hydrogen-bond acceptors (Lipinski definition) is 5. The summed E-state index contributed by atoms with van der Waals surface area (Å²) in [7, 11) is 1.75. The van der Waals surface area contributed by atoms with E-state index in [9.17, 15) is 9.90 Å². The summed E-state index contributed by atoms with van der Waals surface area (Å²) < 4.78 is 0. The van der Waals surface area contributed by atoms with Gasteiger partial charge in [-0.15, -0.1) is 0 Å². The van der Waals surface area contributed by atoms with Crippen molar-refractivity contribution in [3.05, 3.63) is 30.5 Å². The van der Waals surface area contributed by atoms with Gasteiger partial charge in [0.2, 0.25) is 5.95 Å². The number of nitrogens with zero attached hydrogens (tertiary/aromatic N) is 2. The number of nitrogens with one attached hydrogen (secondary N) is 2. The average Bonchev–Trinajstić information content (AvgIpc) is 2.45. The number of carbonyl (C=O) groups is 1. The standard InChI is InChI=1S/C15H18N4O2/c1-5-11-10-8-9(19-15(2,3)13(20)21)6-7-12(10)18-14(16-4)17-11/h5-8,19H,1H2,2-4H3,(H,20,21)(H,16,17,18). The summed E-state index contributed by atoms with van der Waals surface area (Å²) in [6.45, 7) is 6.97. The van der Waals surface area contributed by atoms with E-state index in [4.69, 9.17) is 0 Å². The van der Waals surface area contributed by atoms with Crippen molar-refractivity contribution in [3.63, 3.8) is 0 Å². The molecule has 0 spiro atoms. The molecule has 6 heteroatoms. The van der Waals surface area contributed by atoms with E-state index < -0.39 is 11.5 Å². The van der Waals surface area contributed by atoms with Gasteiger partial charge in [0, 0.05) is 18.1 Å². The predicted molar refractivity (Wildman–Crippen MR) is 84.5 cm³/mol. The van der Waals surface area contributed by atoms with Gasteiger partial charge in [0.1, 0.15) is 5.54 Å². The van der Waals surface area contributed by atoms with Crippen LogP contribution in [0.25, 0.3) is 17.0 Å². The summed E-state index contributed by atoms with van der Waals surface area (Å²) in [5.74, 6) is -0.405. The number of carboxylic acids is 1. The van der Waals surface area contributed by atoms with Crippen LogP contribution in [0.2, 0.25) is 0 Å². The second-order valence-electron chi connectivity index (χ2n) is 5.17. The molecule has 0 saturated heterocycles. The summed E-state index contributed by atoms with van der Waals surface area (Å²) in [6, 6.07) is 5.45. The van der Waals surface area contributed by atoms with Gasteiger partial charge < -0.3 is 15.7 Å². The minimum absolute atomic E-state index is 0.518. The first-order chi connectivity index (χ1) is 9.87. The summed E-state index contributed by atoms with van der Waals surface area (Å²) in [4.78, 5) is 19.9. The van der Waals surface area contributed by atoms with Crippen LogP contribution in [0.3, 0.4) is 0 Å². The maximum Gasteiger partial charge on any atom is 0.328 e. The van der Waals surface area contributed by atoms with Gasteiger partial charge in [-0.1, -0.05) is 6.58 Å². The Balaban J connectivity index is 2.51. The van der Waals surface area contributed by atoms with Gasteiger partial charge in [0.05, 0.1) is 11.2 Å². The second kappa shape index (κ2) is 5.40. The van der Waals surface area contributed by atoms with E-state index >= 15 is 0 Å². The van der Waals surface area contributed by atoms with Crippen LogP contribution in [0, 0.1) is 0 Å². The molecule has 0 aliphatic rings. The molecule has 0 bridgehead atoms. The zero-order valence-electron chi connectivity index (χ0n) is 12.3. The van der Waals surface area contributed by atoms with Crippen LogP contribution in [0.1, 0.15) is 19.5 Å². The molecule has 3 N–H and O–H groups in total. The van der Waals surface area contributed by atoms with Crippen LogP contribution in [-0.2, 0) is 4.79 Å². The topological polar surface area (TPSA) is 87.1 Å².